The van der Waals surface area contributed by atoms with Crippen LogP contribution in [0.2, 0.25) is 0 Å². The molecule has 3 rings (SSSR count). The van der Waals surface area contributed by atoms with E-state index in [-0.39, 0.29) is 13.1 Å². The van der Waals surface area contributed by atoms with Gasteiger partial charge in [-0.3, -0.25) is 0 Å². The van der Waals surface area contributed by atoms with E-state index in [1.807, 2.05) is 12.4 Å². The Balaban J connectivity index is 2.15. The van der Waals surface area contributed by atoms with E-state index >= 15 is 0 Å². The first-order valence-electron chi connectivity index (χ1n) is 11.1. The Hall–Kier alpha value is -1.36. The zero-order valence-electron chi connectivity index (χ0n) is 19.4. The molecule has 1 unspecified atom stereocenters. The molecular formula is C26H38N2P2. The van der Waals surface area contributed by atoms with E-state index in [2.05, 4.69) is 110 Å². The zero-order chi connectivity index (χ0) is 22.0. The van der Waals surface area contributed by atoms with Gasteiger partial charge in [0.2, 0.25) is 0 Å². The molecule has 0 saturated heterocycles. The van der Waals surface area contributed by atoms with Crippen LogP contribution in [0, 0.1) is 0 Å². The number of H-pyrrole nitrogens is 2. The summed E-state index contributed by atoms with van der Waals surface area (Å²) in [6.45, 7) is 14.6. The molecule has 1 atom stereocenters. The standard InChI is InChI=1S/C26H38N2P2/c1-7-24(3,4)30(25(5,6)8-2)19-20-11-9-10-12-23(20)26(29,21-13-15-27-17-21)22-14-16-28-18-22/h9-18,27-28H,7-8,19,29H2,1-6H3. The molecule has 162 valence electrons. The second-order valence-corrected chi connectivity index (χ2v) is 14.0. The van der Waals surface area contributed by atoms with Crippen LogP contribution in [0.25, 0.3) is 0 Å². The van der Waals surface area contributed by atoms with Crippen molar-refractivity contribution in [3.8, 4) is 0 Å². The number of nitrogens with one attached hydrogen (secondary N) is 2. The van der Waals surface area contributed by atoms with Gasteiger partial charge in [0.15, 0.2) is 0 Å². The smallest absolute Gasteiger partial charge is 0.0623 e. The van der Waals surface area contributed by atoms with Gasteiger partial charge in [-0.25, -0.2) is 0 Å². The lowest BCUT2D eigenvalue weighted by molar-refractivity contribution is 0.601. The number of hydrogen-bond donors (Lipinski definition) is 2. The molecule has 0 amide bonds. The van der Waals surface area contributed by atoms with Gasteiger partial charge in [0, 0.05) is 24.8 Å². The second kappa shape index (κ2) is 9.02. The van der Waals surface area contributed by atoms with Crippen LogP contribution in [0.3, 0.4) is 0 Å². The lowest BCUT2D eigenvalue weighted by Gasteiger charge is -2.46. The molecule has 0 aliphatic carbocycles. The molecule has 2 heterocycles. The molecule has 2 nitrogen and oxygen atoms in total. The molecule has 30 heavy (non-hydrogen) atoms. The van der Waals surface area contributed by atoms with Gasteiger partial charge in [0.1, 0.15) is 0 Å². The molecule has 1 aromatic carbocycles. The Labute approximate surface area is 186 Å². The molecule has 0 bridgehead atoms. The van der Waals surface area contributed by atoms with E-state index in [0.29, 0.717) is 10.3 Å². The highest BCUT2D eigenvalue weighted by Gasteiger charge is 2.40. The predicted octanol–water partition coefficient (Wildman–Crippen LogP) is 7.87. The monoisotopic (exact) mass is 440 g/mol. The van der Waals surface area contributed by atoms with Crippen molar-refractivity contribution in [3.05, 3.63) is 83.4 Å². The fourth-order valence-electron chi connectivity index (χ4n) is 4.46. The van der Waals surface area contributed by atoms with Crippen molar-refractivity contribution in [1.82, 2.24) is 9.97 Å². The fourth-order valence-corrected chi connectivity index (χ4v) is 8.97. The van der Waals surface area contributed by atoms with Gasteiger partial charge in [-0.15, -0.1) is 9.24 Å². The van der Waals surface area contributed by atoms with Crippen molar-refractivity contribution in [2.45, 2.75) is 76.0 Å². The van der Waals surface area contributed by atoms with Crippen molar-refractivity contribution in [2.24, 2.45) is 0 Å². The zero-order valence-corrected chi connectivity index (χ0v) is 21.5. The molecule has 2 aromatic heterocycles. The minimum atomic E-state index is -0.274. The quantitative estimate of drug-likeness (QED) is 0.317. The van der Waals surface area contributed by atoms with Crippen molar-refractivity contribution in [3.63, 3.8) is 0 Å². The summed E-state index contributed by atoms with van der Waals surface area (Å²) in [5.74, 6) is 0. The molecule has 0 aliphatic rings. The highest BCUT2D eigenvalue weighted by Crippen LogP contribution is 2.64. The van der Waals surface area contributed by atoms with Gasteiger partial charge in [0.05, 0.1) is 5.16 Å². The second-order valence-electron chi connectivity index (χ2n) is 9.58. The average molecular weight is 441 g/mol. The minimum Gasteiger partial charge on any atom is -0.367 e. The van der Waals surface area contributed by atoms with Gasteiger partial charge in [-0.1, -0.05) is 73.7 Å². The van der Waals surface area contributed by atoms with Crippen LogP contribution in [0.4, 0.5) is 0 Å². The van der Waals surface area contributed by atoms with Crippen LogP contribution in [0.15, 0.2) is 61.2 Å². The average Bonchev–Trinajstić information content (AvgIpc) is 3.46. The first-order chi connectivity index (χ1) is 14.2. The van der Waals surface area contributed by atoms with Crippen molar-refractivity contribution < 1.29 is 0 Å². The van der Waals surface area contributed by atoms with Crippen LogP contribution in [0.1, 0.15) is 76.6 Å². The Morgan fingerprint density at radius 3 is 1.73 bits per heavy atom. The number of aromatic nitrogens is 2. The summed E-state index contributed by atoms with van der Waals surface area (Å²) in [5.41, 5.74) is 5.41. The Morgan fingerprint density at radius 2 is 1.30 bits per heavy atom. The van der Waals surface area contributed by atoms with E-state index < -0.39 is 0 Å². The molecule has 0 spiro atoms. The summed E-state index contributed by atoms with van der Waals surface area (Å²) >= 11 is 0. The van der Waals surface area contributed by atoms with Crippen LogP contribution in [0.5, 0.6) is 0 Å². The lowest BCUT2D eigenvalue weighted by Crippen LogP contribution is -2.31. The molecular weight excluding hydrogens is 402 g/mol. The van der Waals surface area contributed by atoms with Crippen LogP contribution < -0.4 is 0 Å². The largest absolute Gasteiger partial charge is 0.367 e. The van der Waals surface area contributed by atoms with Gasteiger partial charge in [0.25, 0.3) is 0 Å². The van der Waals surface area contributed by atoms with Crippen LogP contribution in [-0.2, 0) is 11.3 Å². The summed E-state index contributed by atoms with van der Waals surface area (Å²) in [6, 6.07) is 13.5. The van der Waals surface area contributed by atoms with Gasteiger partial charge in [-0.2, -0.15) is 0 Å². The number of benzene rings is 1. The van der Waals surface area contributed by atoms with E-state index in [9.17, 15) is 0 Å². The third-order valence-corrected chi connectivity index (χ3v) is 12.3. The fraction of sp³-hybridized carbons (Fsp3) is 0.462. The summed E-state index contributed by atoms with van der Waals surface area (Å²) in [5, 5.41) is 0.408. The summed E-state index contributed by atoms with van der Waals surface area (Å²) in [7, 11) is 2.96. The highest BCUT2D eigenvalue weighted by molar-refractivity contribution is 7.60. The molecule has 4 heteroatoms. The van der Waals surface area contributed by atoms with Crippen LogP contribution >= 0.6 is 17.2 Å². The third kappa shape index (κ3) is 4.32. The first kappa shape index (κ1) is 23.3. The minimum absolute atomic E-state index is 0.227. The Bertz CT molecular complexity index is 874. The highest BCUT2D eigenvalue weighted by atomic mass is 31.1. The SMILES string of the molecule is CCC(C)(C)P(Cc1ccccc1C(P)(c1cc[nH]c1)c1cc[nH]c1)C(C)(C)CC. The number of rotatable bonds is 9. The topological polar surface area (TPSA) is 31.6 Å². The summed E-state index contributed by atoms with van der Waals surface area (Å²) < 4.78 is 0. The van der Waals surface area contributed by atoms with E-state index in [1.165, 1.54) is 35.1 Å². The molecule has 0 saturated carbocycles. The maximum atomic E-state index is 3.27. The number of aromatic amines is 2. The van der Waals surface area contributed by atoms with Gasteiger partial charge < -0.3 is 9.97 Å². The third-order valence-electron chi connectivity index (χ3n) is 7.07. The maximum Gasteiger partial charge on any atom is 0.0623 e. The van der Waals surface area contributed by atoms with Crippen molar-refractivity contribution >= 4 is 17.2 Å². The van der Waals surface area contributed by atoms with E-state index in [4.69, 9.17) is 0 Å². The predicted molar refractivity (Wildman–Crippen MR) is 137 cm³/mol. The summed E-state index contributed by atoms with van der Waals surface area (Å²) in [4.78, 5) is 6.55. The maximum absolute atomic E-state index is 3.27. The van der Waals surface area contributed by atoms with E-state index in [0.717, 1.165) is 6.16 Å². The lowest BCUT2D eigenvalue weighted by atomic mass is 9.84. The number of hydrogen-bond acceptors (Lipinski definition) is 0. The molecule has 2 N–H and O–H groups in total. The van der Waals surface area contributed by atoms with Crippen LogP contribution in [-0.4, -0.2) is 20.3 Å². The van der Waals surface area contributed by atoms with Crippen molar-refractivity contribution in [1.29, 1.82) is 0 Å². The summed E-state index contributed by atoms with van der Waals surface area (Å²) in [6.07, 6.45) is 11.9. The van der Waals surface area contributed by atoms with Gasteiger partial charge >= 0.3 is 0 Å². The first-order valence-corrected chi connectivity index (χ1v) is 13.2. The van der Waals surface area contributed by atoms with E-state index in [1.54, 1.807) is 0 Å². The Morgan fingerprint density at radius 1 is 0.800 bits per heavy atom. The molecule has 0 aliphatic heterocycles. The van der Waals surface area contributed by atoms with Crippen molar-refractivity contribution in [2.75, 3.05) is 0 Å². The molecule has 0 fully saturated rings. The van der Waals surface area contributed by atoms with Gasteiger partial charge in [-0.05, 0) is 63.7 Å². The normalized spacial score (nSPS) is 13.2. The molecule has 0 radical (unpaired) electrons. The molecule has 3 aromatic rings. The Kier molecular flexibility index (Phi) is 7.01.